The molecule has 0 saturated heterocycles. The normalized spacial score (nSPS) is 10.9. The second kappa shape index (κ2) is 12.2. The van der Waals surface area contributed by atoms with E-state index in [9.17, 15) is 10.1 Å². The molecule has 0 radical (unpaired) electrons. The molecule has 1 amide bonds. The number of hydrogen-bond donors (Lipinski definition) is 1. The molecule has 0 saturated carbocycles. The number of anilines is 1. The van der Waals surface area contributed by atoms with Gasteiger partial charge in [-0.1, -0.05) is 36.5 Å². The van der Waals surface area contributed by atoms with E-state index in [4.69, 9.17) is 14.2 Å². The van der Waals surface area contributed by atoms with Crippen molar-refractivity contribution < 1.29 is 19.0 Å². The molecule has 3 rings (SSSR count). The Morgan fingerprint density at radius 3 is 2.52 bits per heavy atom. The largest absolute Gasteiger partial charge is 0.497 e. The predicted molar refractivity (Wildman–Crippen MR) is 127 cm³/mol. The fourth-order valence-corrected chi connectivity index (χ4v) is 3.61. The lowest BCUT2D eigenvalue weighted by molar-refractivity contribution is -0.112. The molecule has 9 heteroatoms. The lowest BCUT2D eigenvalue weighted by Crippen LogP contribution is -2.13. The number of hydrogen-bond acceptors (Lipinski definition) is 8. The fraction of sp³-hybridized carbons (Fsp3) is 0.250. The summed E-state index contributed by atoms with van der Waals surface area (Å²) in [6.45, 7) is 2.78. The van der Waals surface area contributed by atoms with Crippen molar-refractivity contribution in [1.29, 1.82) is 5.26 Å². The molecule has 0 aliphatic rings. The summed E-state index contributed by atoms with van der Waals surface area (Å²) < 4.78 is 16.5. The topological polar surface area (TPSA) is 106 Å². The lowest BCUT2D eigenvalue weighted by atomic mass is 10.1. The Balaban J connectivity index is 1.51. The number of methoxy groups -OCH3 is 1. The van der Waals surface area contributed by atoms with E-state index < -0.39 is 5.91 Å². The van der Waals surface area contributed by atoms with Gasteiger partial charge in [0.2, 0.25) is 5.13 Å². The molecule has 3 aromatic rings. The molecule has 0 unspecified atom stereocenters. The molecule has 8 nitrogen and oxygen atoms in total. The number of carbonyl (C=O) groups excluding carboxylic acids is 1. The Labute approximate surface area is 196 Å². The molecule has 1 N–H and O–H groups in total. The van der Waals surface area contributed by atoms with Crippen LogP contribution < -0.4 is 19.5 Å². The van der Waals surface area contributed by atoms with Crippen LogP contribution in [0.2, 0.25) is 0 Å². The van der Waals surface area contributed by atoms with Crippen molar-refractivity contribution in [2.75, 3.05) is 25.6 Å². The van der Waals surface area contributed by atoms with Gasteiger partial charge in [0.25, 0.3) is 5.91 Å². The Bertz CT molecular complexity index is 1140. The quantitative estimate of drug-likeness (QED) is 0.253. The molecule has 0 atom stereocenters. The van der Waals surface area contributed by atoms with Crippen molar-refractivity contribution in [3.05, 3.63) is 64.7 Å². The highest BCUT2D eigenvalue weighted by atomic mass is 32.1. The number of rotatable bonds is 11. The van der Waals surface area contributed by atoms with Gasteiger partial charge in [-0.2, -0.15) is 5.26 Å². The summed E-state index contributed by atoms with van der Waals surface area (Å²) in [5, 5.41) is 21.2. The maximum Gasteiger partial charge on any atom is 0.268 e. The SMILES string of the molecule is CCCc1nnc(NC(=O)/C(C#N)=C\c2ccc(OCCOc3cccc(OC)c3)cc2)s1. The first-order valence-electron chi connectivity index (χ1n) is 10.4. The van der Waals surface area contributed by atoms with E-state index in [1.165, 1.54) is 17.4 Å². The molecule has 0 spiro atoms. The van der Waals surface area contributed by atoms with Crippen LogP contribution in [-0.2, 0) is 11.2 Å². The van der Waals surface area contributed by atoms with Crippen molar-refractivity contribution in [3.63, 3.8) is 0 Å². The van der Waals surface area contributed by atoms with Crippen LogP contribution in [0.25, 0.3) is 6.08 Å². The smallest absolute Gasteiger partial charge is 0.268 e. The fourth-order valence-electron chi connectivity index (χ4n) is 2.77. The minimum Gasteiger partial charge on any atom is -0.497 e. The molecule has 33 heavy (non-hydrogen) atoms. The summed E-state index contributed by atoms with van der Waals surface area (Å²) >= 11 is 1.31. The number of nitrogens with one attached hydrogen (secondary N) is 1. The van der Waals surface area contributed by atoms with E-state index in [2.05, 4.69) is 15.5 Å². The minimum atomic E-state index is -0.522. The predicted octanol–water partition coefficient (Wildman–Crippen LogP) is 4.50. The third kappa shape index (κ3) is 7.33. The summed E-state index contributed by atoms with van der Waals surface area (Å²) in [7, 11) is 1.61. The van der Waals surface area contributed by atoms with Gasteiger partial charge in [0.05, 0.1) is 7.11 Å². The molecular formula is C24H24N4O4S. The molecular weight excluding hydrogens is 440 g/mol. The maximum absolute atomic E-state index is 12.4. The van der Waals surface area contributed by atoms with E-state index >= 15 is 0 Å². The first-order chi connectivity index (χ1) is 16.1. The number of nitriles is 1. The van der Waals surface area contributed by atoms with Crippen molar-refractivity contribution >= 4 is 28.5 Å². The summed E-state index contributed by atoms with van der Waals surface area (Å²) in [5.74, 6) is 1.57. The second-order valence-electron chi connectivity index (χ2n) is 6.82. The molecule has 1 aromatic heterocycles. The van der Waals surface area contributed by atoms with Crippen LogP contribution in [0.4, 0.5) is 5.13 Å². The first kappa shape index (κ1) is 23.8. The minimum absolute atomic E-state index is 0.0254. The lowest BCUT2D eigenvalue weighted by Gasteiger charge is -2.09. The van der Waals surface area contributed by atoms with Crippen molar-refractivity contribution in [2.24, 2.45) is 0 Å². The van der Waals surface area contributed by atoms with Gasteiger partial charge in [-0.15, -0.1) is 10.2 Å². The van der Waals surface area contributed by atoms with Gasteiger partial charge in [0.15, 0.2) is 0 Å². The first-order valence-corrected chi connectivity index (χ1v) is 11.2. The number of nitrogens with zero attached hydrogens (tertiary/aromatic N) is 3. The van der Waals surface area contributed by atoms with Gasteiger partial charge < -0.3 is 14.2 Å². The van der Waals surface area contributed by atoms with E-state index in [-0.39, 0.29) is 5.57 Å². The average Bonchev–Trinajstić information content (AvgIpc) is 3.28. The Kier molecular flexibility index (Phi) is 8.79. The highest BCUT2D eigenvalue weighted by molar-refractivity contribution is 7.15. The molecule has 0 bridgehead atoms. The highest BCUT2D eigenvalue weighted by Gasteiger charge is 2.12. The third-order valence-corrected chi connectivity index (χ3v) is 5.27. The standard InChI is InChI=1S/C24H24N4O4S/c1-3-5-22-27-28-24(33-22)26-23(29)18(16-25)14-17-8-10-19(11-9-17)31-12-13-32-21-7-4-6-20(15-21)30-2/h4,6-11,14-15H,3,5,12-13H2,1-2H3,(H,26,28,29)/b18-14-. The van der Waals surface area contributed by atoms with Gasteiger partial charge in [0.1, 0.15) is 47.1 Å². The zero-order valence-corrected chi connectivity index (χ0v) is 19.2. The number of amides is 1. The number of carbonyl (C=O) groups is 1. The average molecular weight is 465 g/mol. The second-order valence-corrected chi connectivity index (χ2v) is 7.88. The van der Waals surface area contributed by atoms with Gasteiger partial charge in [-0.05, 0) is 42.3 Å². The maximum atomic E-state index is 12.4. The van der Waals surface area contributed by atoms with Crippen molar-refractivity contribution in [3.8, 4) is 23.3 Å². The number of benzene rings is 2. The van der Waals surface area contributed by atoms with Crippen LogP contribution in [0.1, 0.15) is 23.9 Å². The molecule has 2 aromatic carbocycles. The van der Waals surface area contributed by atoms with Crippen LogP contribution in [0.15, 0.2) is 54.1 Å². The zero-order valence-electron chi connectivity index (χ0n) is 18.4. The van der Waals surface area contributed by atoms with Crippen LogP contribution in [-0.4, -0.2) is 36.4 Å². The Morgan fingerprint density at radius 1 is 1.09 bits per heavy atom. The van der Waals surface area contributed by atoms with Crippen LogP contribution in [0.3, 0.4) is 0 Å². The number of aryl methyl sites for hydroxylation is 1. The highest BCUT2D eigenvalue weighted by Crippen LogP contribution is 2.20. The van der Waals surface area contributed by atoms with E-state index in [1.807, 2.05) is 31.2 Å². The monoisotopic (exact) mass is 464 g/mol. The van der Waals surface area contributed by atoms with Gasteiger partial charge in [-0.3, -0.25) is 10.1 Å². The number of aromatic nitrogens is 2. The van der Waals surface area contributed by atoms with Crippen LogP contribution >= 0.6 is 11.3 Å². The third-order valence-electron chi connectivity index (χ3n) is 4.37. The van der Waals surface area contributed by atoms with E-state index in [0.29, 0.717) is 35.4 Å². The van der Waals surface area contributed by atoms with Crippen molar-refractivity contribution in [2.45, 2.75) is 19.8 Å². The van der Waals surface area contributed by atoms with Crippen molar-refractivity contribution in [1.82, 2.24) is 10.2 Å². The molecule has 1 heterocycles. The zero-order chi connectivity index (χ0) is 23.5. The summed E-state index contributed by atoms with van der Waals surface area (Å²) in [6, 6.07) is 16.4. The molecule has 170 valence electrons. The van der Waals surface area contributed by atoms with Gasteiger partial charge >= 0.3 is 0 Å². The Morgan fingerprint density at radius 2 is 1.82 bits per heavy atom. The summed E-state index contributed by atoms with van der Waals surface area (Å²) in [6.07, 6.45) is 3.26. The van der Waals surface area contributed by atoms with E-state index in [0.717, 1.165) is 23.6 Å². The molecule has 0 fully saturated rings. The Hall–Kier alpha value is -3.90. The van der Waals surface area contributed by atoms with Crippen LogP contribution in [0.5, 0.6) is 17.2 Å². The van der Waals surface area contributed by atoms with Gasteiger partial charge in [0, 0.05) is 12.5 Å². The molecule has 0 aliphatic carbocycles. The van der Waals surface area contributed by atoms with Gasteiger partial charge in [-0.25, -0.2) is 0 Å². The van der Waals surface area contributed by atoms with Crippen LogP contribution in [0, 0.1) is 11.3 Å². The summed E-state index contributed by atoms with van der Waals surface area (Å²) in [5.41, 5.74) is 0.674. The van der Waals surface area contributed by atoms with E-state index in [1.54, 1.807) is 37.4 Å². The summed E-state index contributed by atoms with van der Waals surface area (Å²) in [4.78, 5) is 12.4. The number of ether oxygens (including phenoxy) is 3. The molecule has 0 aliphatic heterocycles.